The maximum atomic E-state index is 11.5. The molecule has 90 valence electrons. The highest BCUT2D eigenvalue weighted by atomic mass is 16.5. The molecule has 1 rings (SSSR count). The Morgan fingerprint density at radius 2 is 2.19 bits per heavy atom. The fourth-order valence-corrected chi connectivity index (χ4v) is 2.18. The quantitative estimate of drug-likeness (QED) is 0.537. The van der Waals surface area contributed by atoms with Crippen molar-refractivity contribution >= 4 is 11.9 Å². The lowest BCUT2D eigenvalue weighted by Crippen LogP contribution is -2.37. The van der Waals surface area contributed by atoms with Gasteiger partial charge >= 0.3 is 11.9 Å². The van der Waals surface area contributed by atoms with Crippen LogP contribution in [0.5, 0.6) is 0 Å². The fraction of sp³-hybridized carbons (Fsp3) is 0.636. The van der Waals surface area contributed by atoms with Crippen molar-refractivity contribution in [3.8, 4) is 0 Å². The lowest BCUT2D eigenvalue weighted by Gasteiger charge is -2.20. The van der Waals surface area contributed by atoms with Crippen molar-refractivity contribution < 1.29 is 19.4 Å². The smallest absolute Gasteiger partial charge is 0.323 e. The summed E-state index contributed by atoms with van der Waals surface area (Å²) in [5, 5.41) is 11.8. The topological polar surface area (TPSA) is 75.6 Å². The number of hydrogen-bond donors (Lipinski definition) is 2. The molecule has 0 spiro atoms. The van der Waals surface area contributed by atoms with Gasteiger partial charge in [0.1, 0.15) is 6.04 Å². The minimum Gasteiger partial charge on any atom is -0.481 e. The predicted molar refractivity (Wildman–Crippen MR) is 57.9 cm³/mol. The molecule has 0 aromatic rings. The molecule has 5 heteroatoms. The van der Waals surface area contributed by atoms with E-state index in [-0.39, 0.29) is 18.3 Å². The molecule has 0 unspecified atom stereocenters. The number of carboxylic acid groups (broad SMARTS) is 1. The van der Waals surface area contributed by atoms with Gasteiger partial charge < -0.3 is 15.2 Å². The number of carbonyl (C=O) groups excluding carboxylic acids is 1. The summed E-state index contributed by atoms with van der Waals surface area (Å²) in [5.41, 5.74) is 0.894. The van der Waals surface area contributed by atoms with Crippen LogP contribution >= 0.6 is 0 Å². The third-order valence-corrected chi connectivity index (χ3v) is 3.00. The van der Waals surface area contributed by atoms with Gasteiger partial charge in [-0.1, -0.05) is 12.2 Å². The summed E-state index contributed by atoms with van der Waals surface area (Å²) >= 11 is 0. The van der Waals surface area contributed by atoms with Crippen molar-refractivity contribution in [3.05, 3.63) is 12.2 Å². The Morgan fingerprint density at radius 1 is 1.56 bits per heavy atom. The van der Waals surface area contributed by atoms with E-state index in [1.54, 1.807) is 0 Å². The molecule has 0 aliphatic carbocycles. The van der Waals surface area contributed by atoms with E-state index in [1.807, 2.05) is 6.92 Å². The van der Waals surface area contributed by atoms with E-state index in [4.69, 9.17) is 5.11 Å². The van der Waals surface area contributed by atoms with Crippen LogP contribution in [-0.2, 0) is 14.3 Å². The van der Waals surface area contributed by atoms with E-state index < -0.39 is 18.0 Å². The monoisotopic (exact) mass is 227 g/mol. The number of aliphatic carboxylic acids is 1. The summed E-state index contributed by atoms with van der Waals surface area (Å²) in [7, 11) is 1.30. The molecule has 0 aromatic heterocycles. The number of esters is 1. The first-order valence-electron chi connectivity index (χ1n) is 5.15. The van der Waals surface area contributed by atoms with Crippen molar-refractivity contribution in [2.24, 2.45) is 11.8 Å². The van der Waals surface area contributed by atoms with Crippen LogP contribution in [0.4, 0.5) is 0 Å². The highest BCUT2D eigenvalue weighted by Gasteiger charge is 2.41. The first-order chi connectivity index (χ1) is 7.47. The zero-order chi connectivity index (χ0) is 12.3. The molecule has 1 fully saturated rings. The predicted octanol–water partition coefficient (Wildman–Crippen LogP) is 0.414. The molecular formula is C11H17NO4. The summed E-state index contributed by atoms with van der Waals surface area (Å²) in [5.74, 6) is -1.58. The van der Waals surface area contributed by atoms with Gasteiger partial charge in [-0.2, -0.15) is 0 Å². The molecule has 2 N–H and O–H groups in total. The van der Waals surface area contributed by atoms with Crippen molar-refractivity contribution in [2.45, 2.75) is 19.4 Å². The first-order valence-corrected chi connectivity index (χ1v) is 5.15. The zero-order valence-electron chi connectivity index (χ0n) is 9.53. The third-order valence-electron chi connectivity index (χ3n) is 3.00. The van der Waals surface area contributed by atoms with E-state index >= 15 is 0 Å². The van der Waals surface area contributed by atoms with Crippen molar-refractivity contribution in [1.29, 1.82) is 0 Å². The SMILES string of the molecule is C=C(C)[C@H]1CN[C@H](C(=O)OC)[C@H]1CC(=O)O. The normalized spacial score (nSPS) is 28.8. The van der Waals surface area contributed by atoms with Crippen molar-refractivity contribution in [3.63, 3.8) is 0 Å². The number of carbonyl (C=O) groups is 2. The van der Waals surface area contributed by atoms with Gasteiger partial charge in [0, 0.05) is 12.5 Å². The van der Waals surface area contributed by atoms with Gasteiger partial charge in [0.15, 0.2) is 0 Å². The van der Waals surface area contributed by atoms with Gasteiger partial charge in [0.25, 0.3) is 0 Å². The van der Waals surface area contributed by atoms with Gasteiger partial charge in [-0.3, -0.25) is 9.59 Å². The van der Waals surface area contributed by atoms with Gasteiger partial charge in [0.05, 0.1) is 13.5 Å². The molecule has 5 nitrogen and oxygen atoms in total. The zero-order valence-corrected chi connectivity index (χ0v) is 9.53. The second-order valence-corrected chi connectivity index (χ2v) is 4.12. The molecule has 1 aliphatic heterocycles. The van der Waals surface area contributed by atoms with Crippen LogP contribution < -0.4 is 5.32 Å². The van der Waals surface area contributed by atoms with E-state index in [2.05, 4.69) is 16.6 Å². The summed E-state index contributed by atoms with van der Waals surface area (Å²) in [6, 6.07) is -0.539. The van der Waals surface area contributed by atoms with Crippen LogP contribution in [0.3, 0.4) is 0 Å². The molecule has 1 saturated heterocycles. The second kappa shape index (κ2) is 5.12. The minimum atomic E-state index is -0.908. The largest absolute Gasteiger partial charge is 0.481 e. The number of rotatable bonds is 4. The van der Waals surface area contributed by atoms with Crippen LogP contribution in [0.15, 0.2) is 12.2 Å². The number of hydrogen-bond acceptors (Lipinski definition) is 4. The number of carboxylic acids is 1. The maximum absolute atomic E-state index is 11.5. The lowest BCUT2D eigenvalue weighted by molar-refractivity contribution is -0.145. The van der Waals surface area contributed by atoms with Crippen LogP contribution in [-0.4, -0.2) is 36.7 Å². The molecule has 0 bridgehead atoms. The molecule has 1 heterocycles. The highest BCUT2D eigenvalue weighted by molar-refractivity contribution is 5.78. The maximum Gasteiger partial charge on any atom is 0.323 e. The highest BCUT2D eigenvalue weighted by Crippen LogP contribution is 2.31. The van der Waals surface area contributed by atoms with E-state index in [0.717, 1.165) is 5.57 Å². The molecule has 0 radical (unpaired) electrons. The standard InChI is InChI=1S/C11H17NO4/c1-6(2)8-5-12-10(11(15)16-3)7(8)4-9(13)14/h7-8,10,12H,1,4-5H2,2-3H3,(H,13,14)/t7-,8+,10-/m0/s1. The molecule has 1 aliphatic rings. The van der Waals surface area contributed by atoms with Crippen LogP contribution in [0.1, 0.15) is 13.3 Å². The Labute approximate surface area is 94.5 Å². The lowest BCUT2D eigenvalue weighted by atomic mass is 9.84. The van der Waals surface area contributed by atoms with Crippen LogP contribution in [0.2, 0.25) is 0 Å². The van der Waals surface area contributed by atoms with Gasteiger partial charge in [-0.05, 0) is 12.8 Å². The average molecular weight is 227 g/mol. The summed E-state index contributed by atoms with van der Waals surface area (Å²) in [6.45, 7) is 6.25. The Kier molecular flexibility index (Phi) is 4.06. The summed E-state index contributed by atoms with van der Waals surface area (Å²) < 4.78 is 4.65. The van der Waals surface area contributed by atoms with E-state index in [0.29, 0.717) is 6.54 Å². The second-order valence-electron chi connectivity index (χ2n) is 4.12. The van der Waals surface area contributed by atoms with Crippen LogP contribution in [0, 0.1) is 11.8 Å². The number of methoxy groups -OCH3 is 1. The number of nitrogens with one attached hydrogen (secondary N) is 1. The third kappa shape index (κ3) is 2.61. The van der Waals surface area contributed by atoms with Crippen molar-refractivity contribution in [1.82, 2.24) is 5.32 Å². The van der Waals surface area contributed by atoms with Gasteiger partial charge in [0.2, 0.25) is 0 Å². The Morgan fingerprint density at radius 3 is 2.62 bits per heavy atom. The van der Waals surface area contributed by atoms with E-state index in [9.17, 15) is 9.59 Å². The molecule has 0 aromatic carbocycles. The average Bonchev–Trinajstić information content (AvgIpc) is 2.59. The van der Waals surface area contributed by atoms with Crippen molar-refractivity contribution in [2.75, 3.05) is 13.7 Å². The Hall–Kier alpha value is -1.36. The van der Waals surface area contributed by atoms with Gasteiger partial charge in [-0.15, -0.1) is 0 Å². The molecule has 16 heavy (non-hydrogen) atoms. The Bertz CT molecular complexity index is 313. The first kappa shape index (κ1) is 12.7. The van der Waals surface area contributed by atoms with Crippen LogP contribution in [0.25, 0.3) is 0 Å². The Balaban J connectivity index is 2.83. The van der Waals surface area contributed by atoms with E-state index in [1.165, 1.54) is 7.11 Å². The molecule has 0 saturated carbocycles. The molecule has 3 atom stereocenters. The van der Waals surface area contributed by atoms with Gasteiger partial charge in [-0.25, -0.2) is 0 Å². The molecular weight excluding hydrogens is 210 g/mol. The molecule has 0 amide bonds. The number of ether oxygens (including phenoxy) is 1. The fourth-order valence-electron chi connectivity index (χ4n) is 2.18. The minimum absolute atomic E-state index is 0.0141. The summed E-state index contributed by atoms with van der Waals surface area (Å²) in [6.07, 6.45) is -0.0513. The summed E-state index contributed by atoms with van der Waals surface area (Å²) in [4.78, 5) is 22.2.